The van der Waals surface area contributed by atoms with Gasteiger partial charge in [0.2, 0.25) is 5.91 Å². The Balaban J connectivity index is 1.95. The van der Waals surface area contributed by atoms with Gasteiger partial charge in [0.15, 0.2) is 0 Å². The van der Waals surface area contributed by atoms with E-state index < -0.39 is 0 Å². The molecule has 2 rings (SSSR count). The molecule has 2 fully saturated rings. The molecular formula is C12H22N2O. The minimum atomic E-state index is 0.116. The van der Waals surface area contributed by atoms with Gasteiger partial charge in [-0.05, 0) is 39.2 Å². The van der Waals surface area contributed by atoms with E-state index in [0.29, 0.717) is 11.9 Å². The molecule has 0 unspecified atom stereocenters. The van der Waals surface area contributed by atoms with Gasteiger partial charge in [-0.3, -0.25) is 4.79 Å². The van der Waals surface area contributed by atoms with E-state index in [1.807, 2.05) is 0 Å². The molecule has 0 aromatic heterocycles. The number of amides is 1. The number of rotatable bonds is 3. The first kappa shape index (κ1) is 10.9. The van der Waals surface area contributed by atoms with Crippen LogP contribution in [0.15, 0.2) is 0 Å². The van der Waals surface area contributed by atoms with E-state index in [2.05, 4.69) is 17.1 Å². The molecule has 0 spiro atoms. The van der Waals surface area contributed by atoms with Crippen LogP contribution in [0.5, 0.6) is 0 Å². The second kappa shape index (κ2) is 4.97. The number of hydrogen-bond donors (Lipinski definition) is 1. The predicted octanol–water partition coefficient (Wildman–Crippen LogP) is 1.53. The number of hydrogen-bond acceptors (Lipinski definition) is 2. The summed E-state index contributed by atoms with van der Waals surface area (Å²) >= 11 is 0. The lowest BCUT2D eigenvalue weighted by molar-refractivity contribution is -0.135. The first-order valence-corrected chi connectivity index (χ1v) is 6.36. The zero-order valence-electron chi connectivity index (χ0n) is 9.67. The number of nitrogens with one attached hydrogen (secondary N) is 1. The van der Waals surface area contributed by atoms with Crippen LogP contribution in [0.2, 0.25) is 0 Å². The highest BCUT2D eigenvalue weighted by molar-refractivity contribution is 5.82. The van der Waals surface area contributed by atoms with E-state index in [9.17, 15) is 4.79 Å². The van der Waals surface area contributed by atoms with Crippen LogP contribution in [-0.4, -0.2) is 36.0 Å². The smallest absolute Gasteiger partial charge is 0.239 e. The Bertz CT molecular complexity index is 218. The Labute approximate surface area is 92.2 Å². The molecule has 1 N–H and O–H groups in total. The third-order valence-corrected chi connectivity index (χ3v) is 3.75. The molecular weight excluding hydrogens is 188 g/mol. The lowest BCUT2D eigenvalue weighted by Crippen LogP contribution is -2.47. The SMILES string of the molecule is CCN(C(=O)[C@@H]1CCCN1)C1CCCC1. The van der Waals surface area contributed by atoms with Crippen molar-refractivity contribution in [1.29, 1.82) is 0 Å². The van der Waals surface area contributed by atoms with Crippen LogP contribution >= 0.6 is 0 Å². The summed E-state index contributed by atoms with van der Waals surface area (Å²) in [5.41, 5.74) is 0. The van der Waals surface area contributed by atoms with Crippen LogP contribution in [0.1, 0.15) is 45.4 Å². The van der Waals surface area contributed by atoms with Gasteiger partial charge >= 0.3 is 0 Å². The molecule has 0 aromatic rings. The molecule has 1 saturated carbocycles. The Morgan fingerprint density at radius 2 is 2.00 bits per heavy atom. The van der Waals surface area contributed by atoms with Gasteiger partial charge in [-0.1, -0.05) is 12.8 Å². The predicted molar refractivity (Wildman–Crippen MR) is 60.7 cm³/mol. The molecule has 1 atom stereocenters. The zero-order chi connectivity index (χ0) is 10.7. The zero-order valence-corrected chi connectivity index (χ0v) is 9.67. The van der Waals surface area contributed by atoms with Gasteiger partial charge < -0.3 is 10.2 Å². The second-order valence-corrected chi connectivity index (χ2v) is 4.71. The molecule has 1 heterocycles. The molecule has 0 aromatic carbocycles. The Morgan fingerprint density at radius 3 is 2.53 bits per heavy atom. The summed E-state index contributed by atoms with van der Waals surface area (Å²) in [6.07, 6.45) is 7.21. The highest BCUT2D eigenvalue weighted by Gasteiger charge is 2.31. The Morgan fingerprint density at radius 1 is 1.27 bits per heavy atom. The maximum absolute atomic E-state index is 12.2. The standard InChI is InChI=1S/C12H22N2O/c1-2-14(10-6-3-4-7-10)12(15)11-8-5-9-13-11/h10-11,13H,2-9H2,1H3/t11-/m0/s1. The Kier molecular flexibility index (Phi) is 3.62. The fourth-order valence-corrected chi connectivity index (χ4v) is 2.91. The molecule has 1 aliphatic carbocycles. The molecule has 3 heteroatoms. The van der Waals surface area contributed by atoms with Gasteiger partial charge in [-0.15, -0.1) is 0 Å². The third kappa shape index (κ3) is 2.33. The van der Waals surface area contributed by atoms with Crippen LogP contribution in [-0.2, 0) is 4.79 Å². The molecule has 3 nitrogen and oxygen atoms in total. The summed E-state index contributed by atoms with van der Waals surface area (Å²) in [4.78, 5) is 14.3. The summed E-state index contributed by atoms with van der Waals surface area (Å²) in [5.74, 6) is 0.349. The van der Waals surface area contributed by atoms with Crippen molar-refractivity contribution in [2.75, 3.05) is 13.1 Å². The van der Waals surface area contributed by atoms with Gasteiger partial charge in [-0.2, -0.15) is 0 Å². The van der Waals surface area contributed by atoms with Crippen molar-refractivity contribution in [3.63, 3.8) is 0 Å². The van der Waals surface area contributed by atoms with Crippen molar-refractivity contribution in [1.82, 2.24) is 10.2 Å². The van der Waals surface area contributed by atoms with E-state index in [1.165, 1.54) is 25.7 Å². The fraction of sp³-hybridized carbons (Fsp3) is 0.917. The lowest BCUT2D eigenvalue weighted by atomic mass is 10.1. The summed E-state index contributed by atoms with van der Waals surface area (Å²) < 4.78 is 0. The second-order valence-electron chi connectivity index (χ2n) is 4.71. The van der Waals surface area contributed by atoms with E-state index >= 15 is 0 Å². The van der Waals surface area contributed by atoms with Crippen molar-refractivity contribution >= 4 is 5.91 Å². The molecule has 0 bridgehead atoms. The maximum atomic E-state index is 12.2. The summed E-state index contributed by atoms with van der Waals surface area (Å²) in [6.45, 7) is 3.99. The van der Waals surface area contributed by atoms with Gasteiger partial charge in [0.25, 0.3) is 0 Å². The van der Waals surface area contributed by atoms with Crippen molar-refractivity contribution in [3.8, 4) is 0 Å². The van der Waals surface area contributed by atoms with Crippen molar-refractivity contribution in [2.24, 2.45) is 0 Å². The summed E-state index contributed by atoms with van der Waals surface area (Å²) in [7, 11) is 0. The topological polar surface area (TPSA) is 32.3 Å². The van der Waals surface area contributed by atoms with Crippen molar-refractivity contribution in [2.45, 2.75) is 57.5 Å². The van der Waals surface area contributed by atoms with E-state index in [0.717, 1.165) is 25.9 Å². The van der Waals surface area contributed by atoms with Crippen LogP contribution in [0.4, 0.5) is 0 Å². The lowest BCUT2D eigenvalue weighted by Gasteiger charge is -2.30. The summed E-state index contributed by atoms with van der Waals surface area (Å²) in [5, 5.41) is 3.30. The normalized spacial score (nSPS) is 27.1. The van der Waals surface area contributed by atoms with Gasteiger partial charge in [0, 0.05) is 12.6 Å². The molecule has 0 radical (unpaired) electrons. The molecule has 15 heavy (non-hydrogen) atoms. The number of nitrogens with zero attached hydrogens (tertiary/aromatic N) is 1. The van der Waals surface area contributed by atoms with Crippen LogP contribution in [0.3, 0.4) is 0 Å². The van der Waals surface area contributed by atoms with Crippen molar-refractivity contribution in [3.05, 3.63) is 0 Å². The quantitative estimate of drug-likeness (QED) is 0.766. The van der Waals surface area contributed by atoms with Gasteiger partial charge in [-0.25, -0.2) is 0 Å². The fourth-order valence-electron chi connectivity index (χ4n) is 2.91. The third-order valence-electron chi connectivity index (χ3n) is 3.75. The molecule has 1 saturated heterocycles. The molecule has 86 valence electrons. The molecule has 1 amide bonds. The first-order valence-electron chi connectivity index (χ1n) is 6.36. The summed E-state index contributed by atoms with van der Waals surface area (Å²) in [6, 6.07) is 0.649. The minimum absolute atomic E-state index is 0.116. The molecule has 2 aliphatic rings. The average Bonchev–Trinajstić information content (AvgIpc) is 2.91. The van der Waals surface area contributed by atoms with Gasteiger partial charge in [0.05, 0.1) is 6.04 Å². The van der Waals surface area contributed by atoms with E-state index in [4.69, 9.17) is 0 Å². The largest absolute Gasteiger partial charge is 0.339 e. The molecule has 1 aliphatic heterocycles. The minimum Gasteiger partial charge on any atom is -0.339 e. The maximum Gasteiger partial charge on any atom is 0.239 e. The average molecular weight is 210 g/mol. The number of carbonyl (C=O) groups excluding carboxylic acids is 1. The van der Waals surface area contributed by atoms with Crippen LogP contribution < -0.4 is 5.32 Å². The first-order chi connectivity index (χ1) is 7.33. The van der Waals surface area contributed by atoms with E-state index in [1.54, 1.807) is 0 Å². The van der Waals surface area contributed by atoms with Crippen LogP contribution in [0, 0.1) is 0 Å². The monoisotopic (exact) mass is 210 g/mol. The van der Waals surface area contributed by atoms with Gasteiger partial charge in [0.1, 0.15) is 0 Å². The number of likely N-dealkylation sites (N-methyl/N-ethyl adjacent to an activating group) is 1. The highest BCUT2D eigenvalue weighted by atomic mass is 16.2. The highest BCUT2D eigenvalue weighted by Crippen LogP contribution is 2.24. The van der Waals surface area contributed by atoms with E-state index in [-0.39, 0.29) is 6.04 Å². The van der Waals surface area contributed by atoms with Crippen LogP contribution in [0.25, 0.3) is 0 Å². The van der Waals surface area contributed by atoms with Crippen molar-refractivity contribution < 1.29 is 4.79 Å². The number of carbonyl (C=O) groups is 1. The Hall–Kier alpha value is -0.570.